The average molecular weight is 299 g/mol. The van der Waals surface area contributed by atoms with Gasteiger partial charge in [-0.15, -0.1) is 0 Å². The molecule has 0 radical (unpaired) electrons. The van der Waals surface area contributed by atoms with E-state index < -0.39 is 24.0 Å². The Labute approximate surface area is 128 Å². The van der Waals surface area contributed by atoms with Crippen molar-refractivity contribution < 1.29 is 19.4 Å². The lowest BCUT2D eigenvalue weighted by atomic mass is 10.1. The number of rotatable bonds is 6. The first kappa shape index (κ1) is 15.6. The predicted molar refractivity (Wildman–Crippen MR) is 81.5 cm³/mol. The molecule has 0 saturated carbocycles. The number of aliphatic carboxylic acids is 1. The molecule has 0 bridgehead atoms. The fourth-order valence-corrected chi connectivity index (χ4v) is 1.89. The highest BCUT2D eigenvalue weighted by atomic mass is 16.5. The maximum atomic E-state index is 12.4. The Hall–Kier alpha value is -2.82. The summed E-state index contributed by atoms with van der Waals surface area (Å²) >= 11 is 0. The Balaban J connectivity index is 2.22. The second-order valence-corrected chi connectivity index (χ2v) is 4.79. The third-order valence-corrected chi connectivity index (χ3v) is 3.07. The second-order valence-electron chi connectivity index (χ2n) is 4.79. The zero-order valence-electron chi connectivity index (χ0n) is 12.1. The van der Waals surface area contributed by atoms with E-state index in [1.165, 1.54) is 6.92 Å². The number of carbonyl (C=O) groups is 2. The monoisotopic (exact) mass is 299 g/mol. The van der Waals surface area contributed by atoms with Gasteiger partial charge in [0, 0.05) is 5.56 Å². The molecule has 0 aliphatic carbocycles. The van der Waals surface area contributed by atoms with Crippen molar-refractivity contribution in [1.29, 1.82) is 0 Å². The molecule has 2 atom stereocenters. The number of benzene rings is 2. The lowest BCUT2D eigenvalue weighted by molar-refractivity contribution is -0.142. The Morgan fingerprint density at radius 1 is 1.00 bits per heavy atom. The molecular weight excluding hydrogens is 282 g/mol. The zero-order valence-corrected chi connectivity index (χ0v) is 12.1. The predicted octanol–water partition coefficient (Wildman–Crippen LogP) is 2.40. The highest BCUT2D eigenvalue weighted by Crippen LogP contribution is 2.22. The van der Waals surface area contributed by atoms with Gasteiger partial charge >= 0.3 is 5.97 Å². The van der Waals surface area contributed by atoms with Crippen molar-refractivity contribution in [3.63, 3.8) is 0 Å². The van der Waals surface area contributed by atoms with Crippen LogP contribution in [0.3, 0.4) is 0 Å². The summed E-state index contributed by atoms with van der Waals surface area (Å²) in [6, 6.07) is 16.9. The molecule has 114 valence electrons. The molecule has 5 nitrogen and oxygen atoms in total. The van der Waals surface area contributed by atoms with E-state index in [9.17, 15) is 9.59 Å². The highest BCUT2D eigenvalue weighted by Gasteiger charge is 2.25. The number of nitrogens with one attached hydrogen (secondary N) is 1. The van der Waals surface area contributed by atoms with Crippen molar-refractivity contribution in [3.05, 3.63) is 66.2 Å². The maximum Gasteiger partial charge on any atom is 0.325 e. The molecule has 2 aromatic carbocycles. The highest BCUT2D eigenvalue weighted by molar-refractivity contribution is 5.87. The van der Waals surface area contributed by atoms with Crippen molar-refractivity contribution in [3.8, 4) is 5.75 Å². The van der Waals surface area contributed by atoms with Crippen LogP contribution in [-0.2, 0) is 9.59 Å². The van der Waals surface area contributed by atoms with Gasteiger partial charge in [0.1, 0.15) is 11.8 Å². The Bertz CT molecular complexity index is 628. The van der Waals surface area contributed by atoms with Gasteiger partial charge in [-0.05, 0) is 19.1 Å². The maximum absolute atomic E-state index is 12.4. The van der Waals surface area contributed by atoms with Crippen LogP contribution in [0.1, 0.15) is 18.6 Å². The fourth-order valence-electron chi connectivity index (χ4n) is 1.89. The minimum Gasteiger partial charge on any atom is -0.480 e. The van der Waals surface area contributed by atoms with Gasteiger partial charge in [-0.25, -0.2) is 0 Å². The minimum absolute atomic E-state index is 0.495. The summed E-state index contributed by atoms with van der Waals surface area (Å²) < 4.78 is 5.74. The number of para-hydroxylation sites is 1. The number of carboxylic acid groups (broad SMARTS) is 1. The number of hydrogen-bond donors (Lipinski definition) is 2. The third kappa shape index (κ3) is 4.09. The van der Waals surface area contributed by atoms with E-state index in [0.29, 0.717) is 11.3 Å². The lowest BCUT2D eigenvalue weighted by Crippen LogP contribution is -2.42. The summed E-state index contributed by atoms with van der Waals surface area (Å²) in [7, 11) is 0. The van der Waals surface area contributed by atoms with Crippen LogP contribution in [0.25, 0.3) is 0 Å². The van der Waals surface area contributed by atoms with Gasteiger partial charge in [0.05, 0.1) is 0 Å². The van der Waals surface area contributed by atoms with Crippen LogP contribution < -0.4 is 10.1 Å². The molecule has 0 heterocycles. The molecule has 2 unspecified atom stereocenters. The van der Waals surface area contributed by atoms with Crippen LogP contribution in [0.2, 0.25) is 0 Å². The van der Waals surface area contributed by atoms with Gasteiger partial charge in [-0.2, -0.15) is 0 Å². The normalized spacial score (nSPS) is 13.0. The number of carboxylic acids is 1. The minimum atomic E-state index is -1.10. The standard InChI is InChI=1S/C17H17NO4/c1-12(17(20)21)18-16(19)15(13-8-4-2-5-9-13)22-14-10-6-3-7-11-14/h2-12,15H,1H3,(H,18,19)(H,20,21). The molecule has 1 amide bonds. The van der Waals surface area contributed by atoms with Gasteiger partial charge in [-0.1, -0.05) is 48.5 Å². The first-order valence-corrected chi connectivity index (χ1v) is 6.88. The van der Waals surface area contributed by atoms with Crippen LogP contribution in [0.15, 0.2) is 60.7 Å². The molecule has 0 spiro atoms. The van der Waals surface area contributed by atoms with Crippen molar-refractivity contribution in [2.75, 3.05) is 0 Å². The largest absolute Gasteiger partial charge is 0.480 e. The summed E-state index contributed by atoms with van der Waals surface area (Å²) in [5, 5.41) is 11.4. The summed E-state index contributed by atoms with van der Waals surface area (Å²) in [6.45, 7) is 1.41. The van der Waals surface area contributed by atoms with Crippen LogP contribution >= 0.6 is 0 Å². The van der Waals surface area contributed by atoms with E-state index in [2.05, 4.69) is 5.32 Å². The van der Waals surface area contributed by atoms with E-state index in [0.717, 1.165) is 0 Å². The van der Waals surface area contributed by atoms with Crippen LogP contribution in [0.4, 0.5) is 0 Å². The van der Waals surface area contributed by atoms with E-state index in [4.69, 9.17) is 9.84 Å². The van der Waals surface area contributed by atoms with Gasteiger partial charge in [-0.3, -0.25) is 9.59 Å². The van der Waals surface area contributed by atoms with Crippen molar-refractivity contribution in [2.24, 2.45) is 0 Å². The molecule has 2 rings (SSSR count). The smallest absolute Gasteiger partial charge is 0.325 e. The molecule has 2 N–H and O–H groups in total. The Morgan fingerprint density at radius 3 is 2.09 bits per heavy atom. The quantitative estimate of drug-likeness (QED) is 0.859. The third-order valence-electron chi connectivity index (χ3n) is 3.07. The van der Waals surface area contributed by atoms with E-state index in [-0.39, 0.29) is 0 Å². The van der Waals surface area contributed by atoms with E-state index >= 15 is 0 Å². The Morgan fingerprint density at radius 2 is 1.55 bits per heavy atom. The van der Waals surface area contributed by atoms with Gasteiger partial charge < -0.3 is 15.2 Å². The van der Waals surface area contributed by atoms with E-state index in [1.807, 2.05) is 12.1 Å². The van der Waals surface area contributed by atoms with Crippen LogP contribution in [0, 0.1) is 0 Å². The lowest BCUT2D eigenvalue weighted by Gasteiger charge is -2.20. The first-order valence-electron chi connectivity index (χ1n) is 6.88. The summed E-state index contributed by atoms with van der Waals surface area (Å²) in [5.74, 6) is -1.06. The van der Waals surface area contributed by atoms with Crippen molar-refractivity contribution >= 4 is 11.9 Å². The summed E-state index contributed by atoms with van der Waals surface area (Å²) in [4.78, 5) is 23.3. The molecule has 0 aromatic heterocycles. The van der Waals surface area contributed by atoms with Crippen molar-refractivity contribution in [2.45, 2.75) is 19.1 Å². The molecule has 22 heavy (non-hydrogen) atoms. The number of hydrogen-bond acceptors (Lipinski definition) is 3. The molecule has 0 fully saturated rings. The summed E-state index contributed by atoms with van der Waals surface area (Å²) in [6.07, 6.45) is -0.912. The SMILES string of the molecule is CC(NC(=O)C(Oc1ccccc1)c1ccccc1)C(=O)O. The zero-order chi connectivity index (χ0) is 15.9. The molecular formula is C17H17NO4. The average Bonchev–Trinajstić information content (AvgIpc) is 2.54. The molecule has 5 heteroatoms. The van der Waals surface area contributed by atoms with Crippen molar-refractivity contribution in [1.82, 2.24) is 5.32 Å². The van der Waals surface area contributed by atoms with Gasteiger partial charge in [0.2, 0.25) is 6.10 Å². The second kappa shape index (κ2) is 7.26. The van der Waals surface area contributed by atoms with Gasteiger partial charge in [0.15, 0.2) is 0 Å². The van der Waals surface area contributed by atoms with Crippen LogP contribution in [0.5, 0.6) is 5.75 Å². The molecule has 2 aromatic rings. The molecule has 0 aliphatic rings. The van der Waals surface area contributed by atoms with Crippen LogP contribution in [-0.4, -0.2) is 23.0 Å². The number of carbonyl (C=O) groups excluding carboxylic acids is 1. The molecule has 0 saturated heterocycles. The van der Waals surface area contributed by atoms with E-state index in [1.54, 1.807) is 48.5 Å². The first-order chi connectivity index (χ1) is 10.6. The Kier molecular flexibility index (Phi) is 5.14. The number of amides is 1. The van der Waals surface area contributed by atoms with Gasteiger partial charge in [0.25, 0.3) is 5.91 Å². The fraction of sp³-hybridized carbons (Fsp3) is 0.176. The summed E-state index contributed by atoms with van der Waals surface area (Å²) in [5.41, 5.74) is 0.654. The number of ether oxygens (including phenoxy) is 1. The molecule has 0 aliphatic heterocycles. The topological polar surface area (TPSA) is 75.6 Å².